The third kappa shape index (κ3) is 10.8. The quantitative estimate of drug-likeness (QED) is 0.101. The molecule has 1 aliphatic carbocycles. The highest BCUT2D eigenvalue weighted by Crippen LogP contribution is 2.32. The molecule has 0 N–H and O–H groups in total. The number of carbonyl (C=O) groups excluding carboxylic acids is 1. The maximum atomic E-state index is 12.7. The number of unbranched alkanes of at least 4 members (excludes halogenated alkanes) is 7. The Balaban J connectivity index is 1.40. The standard InChI is InChI=1S/C34H53NO2S/c1-4-6-7-8-9-10-11-12-15-28(3)19-22-34(36)37-33-18-13-16-29-27-30(20-21-32(29)33)35(24-5-2)25-23-31-17-14-26-38-31/h13-14,16-18,26,28,30H,4-12,15,19-25,27H2,1-3H3. The molecule has 1 aromatic heterocycles. The number of rotatable bonds is 19. The highest BCUT2D eigenvalue weighted by molar-refractivity contribution is 7.09. The molecule has 2 aromatic rings. The van der Waals surface area contributed by atoms with Crippen LogP contribution in [-0.4, -0.2) is 30.0 Å². The number of hydrogen-bond acceptors (Lipinski definition) is 4. The van der Waals surface area contributed by atoms with E-state index < -0.39 is 0 Å². The zero-order valence-corrected chi connectivity index (χ0v) is 25.3. The first-order valence-electron chi connectivity index (χ1n) is 15.7. The van der Waals surface area contributed by atoms with Gasteiger partial charge >= 0.3 is 5.97 Å². The van der Waals surface area contributed by atoms with Gasteiger partial charge in [0.25, 0.3) is 0 Å². The van der Waals surface area contributed by atoms with Gasteiger partial charge in [-0.3, -0.25) is 9.69 Å². The molecular formula is C34H53NO2S. The van der Waals surface area contributed by atoms with Gasteiger partial charge in [-0.15, -0.1) is 11.3 Å². The fourth-order valence-corrected chi connectivity index (χ4v) is 6.64. The Bertz CT molecular complexity index is 909. The van der Waals surface area contributed by atoms with Gasteiger partial charge < -0.3 is 4.74 Å². The molecule has 0 amide bonds. The Labute approximate surface area is 237 Å². The number of hydrogen-bond donors (Lipinski definition) is 0. The summed E-state index contributed by atoms with van der Waals surface area (Å²) in [6.07, 6.45) is 19.1. The van der Waals surface area contributed by atoms with E-state index in [2.05, 4.69) is 55.3 Å². The van der Waals surface area contributed by atoms with Crippen molar-refractivity contribution in [2.75, 3.05) is 13.1 Å². The average molecular weight is 540 g/mol. The van der Waals surface area contributed by atoms with Crippen molar-refractivity contribution in [1.82, 2.24) is 4.90 Å². The molecule has 2 unspecified atom stereocenters. The first-order chi connectivity index (χ1) is 18.6. The van der Waals surface area contributed by atoms with E-state index in [1.807, 2.05) is 17.4 Å². The van der Waals surface area contributed by atoms with E-state index in [1.165, 1.54) is 80.2 Å². The van der Waals surface area contributed by atoms with Gasteiger partial charge in [0.1, 0.15) is 5.75 Å². The molecule has 0 saturated carbocycles. The van der Waals surface area contributed by atoms with E-state index in [1.54, 1.807) is 0 Å². The second-order valence-corrected chi connectivity index (χ2v) is 12.6. The van der Waals surface area contributed by atoms with E-state index in [0.717, 1.165) is 50.9 Å². The number of benzene rings is 1. The maximum Gasteiger partial charge on any atom is 0.311 e. The van der Waals surface area contributed by atoms with Crippen molar-refractivity contribution in [1.29, 1.82) is 0 Å². The summed E-state index contributed by atoms with van der Waals surface area (Å²) in [7, 11) is 0. The van der Waals surface area contributed by atoms with Crippen LogP contribution >= 0.6 is 11.3 Å². The normalized spacial score (nSPS) is 15.9. The summed E-state index contributed by atoms with van der Waals surface area (Å²) in [5.74, 6) is 1.33. The Morgan fingerprint density at radius 1 is 0.974 bits per heavy atom. The smallest absolute Gasteiger partial charge is 0.311 e. The first kappa shape index (κ1) is 30.9. The number of thiophene rings is 1. The monoisotopic (exact) mass is 539 g/mol. The van der Waals surface area contributed by atoms with Crippen molar-refractivity contribution in [2.45, 2.75) is 130 Å². The topological polar surface area (TPSA) is 29.5 Å². The van der Waals surface area contributed by atoms with Crippen LogP contribution in [0.25, 0.3) is 0 Å². The van der Waals surface area contributed by atoms with Gasteiger partial charge in [0.2, 0.25) is 0 Å². The Hall–Kier alpha value is -1.65. The zero-order valence-electron chi connectivity index (χ0n) is 24.5. The molecule has 3 nitrogen and oxygen atoms in total. The summed E-state index contributed by atoms with van der Waals surface area (Å²) in [6.45, 7) is 9.12. The van der Waals surface area contributed by atoms with Crippen LogP contribution in [0.4, 0.5) is 0 Å². The van der Waals surface area contributed by atoms with Crippen LogP contribution in [0.3, 0.4) is 0 Å². The second kappa shape index (κ2) is 17.8. The first-order valence-corrected chi connectivity index (χ1v) is 16.6. The summed E-state index contributed by atoms with van der Waals surface area (Å²) in [4.78, 5) is 16.9. The molecular weight excluding hydrogens is 486 g/mol. The van der Waals surface area contributed by atoms with Crippen LogP contribution < -0.4 is 4.74 Å². The predicted molar refractivity (Wildman–Crippen MR) is 163 cm³/mol. The molecule has 212 valence electrons. The Kier molecular flexibility index (Phi) is 14.5. The molecule has 1 heterocycles. The summed E-state index contributed by atoms with van der Waals surface area (Å²) >= 11 is 1.86. The molecule has 3 rings (SSSR count). The lowest BCUT2D eigenvalue weighted by Gasteiger charge is -2.35. The van der Waals surface area contributed by atoms with Crippen LogP contribution in [0, 0.1) is 5.92 Å². The fourth-order valence-electron chi connectivity index (χ4n) is 5.94. The lowest BCUT2D eigenvalue weighted by atomic mass is 9.86. The molecule has 38 heavy (non-hydrogen) atoms. The fraction of sp³-hybridized carbons (Fsp3) is 0.676. The van der Waals surface area contributed by atoms with Crippen LogP contribution in [0.15, 0.2) is 35.7 Å². The molecule has 0 bridgehead atoms. The molecule has 0 spiro atoms. The molecule has 0 aliphatic heterocycles. The van der Waals surface area contributed by atoms with E-state index >= 15 is 0 Å². The number of carbonyl (C=O) groups is 1. The largest absolute Gasteiger partial charge is 0.426 e. The number of ether oxygens (including phenoxy) is 1. The summed E-state index contributed by atoms with van der Waals surface area (Å²) in [5.41, 5.74) is 2.63. The molecule has 1 aromatic carbocycles. The SMILES string of the molecule is CCCCCCCCCCC(C)CCC(=O)Oc1cccc2c1CCC(N(CCC)CCc1cccs1)C2. The zero-order chi connectivity index (χ0) is 27.0. The number of esters is 1. The summed E-state index contributed by atoms with van der Waals surface area (Å²) in [5, 5.41) is 2.18. The number of fused-ring (bicyclic) bond motifs is 1. The van der Waals surface area contributed by atoms with Gasteiger partial charge in [-0.25, -0.2) is 0 Å². The third-order valence-electron chi connectivity index (χ3n) is 8.28. The van der Waals surface area contributed by atoms with Crippen molar-refractivity contribution in [3.05, 3.63) is 51.7 Å². The van der Waals surface area contributed by atoms with Crippen LogP contribution in [0.2, 0.25) is 0 Å². The lowest BCUT2D eigenvalue weighted by Crippen LogP contribution is -2.41. The van der Waals surface area contributed by atoms with Gasteiger partial charge in [0, 0.05) is 23.9 Å². The molecule has 2 atom stereocenters. The van der Waals surface area contributed by atoms with E-state index in [4.69, 9.17) is 4.74 Å². The third-order valence-corrected chi connectivity index (χ3v) is 9.22. The Morgan fingerprint density at radius 3 is 2.50 bits per heavy atom. The van der Waals surface area contributed by atoms with Crippen molar-refractivity contribution in [3.8, 4) is 5.75 Å². The minimum atomic E-state index is -0.0631. The molecule has 0 radical (unpaired) electrons. The van der Waals surface area contributed by atoms with Crippen LogP contribution in [-0.2, 0) is 24.1 Å². The molecule has 0 fully saturated rings. The van der Waals surface area contributed by atoms with Crippen LogP contribution in [0.5, 0.6) is 5.75 Å². The maximum absolute atomic E-state index is 12.7. The number of nitrogens with zero attached hydrogens (tertiary/aromatic N) is 1. The average Bonchev–Trinajstić information content (AvgIpc) is 3.45. The minimum Gasteiger partial charge on any atom is -0.426 e. The van der Waals surface area contributed by atoms with Crippen LogP contribution in [0.1, 0.15) is 120 Å². The van der Waals surface area contributed by atoms with Gasteiger partial charge in [0.15, 0.2) is 0 Å². The van der Waals surface area contributed by atoms with Crippen molar-refractivity contribution >= 4 is 17.3 Å². The van der Waals surface area contributed by atoms with Gasteiger partial charge in [-0.2, -0.15) is 0 Å². The summed E-state index contributed by atoms with van der Waals surface area (Å²) in [6, 6.07) is 11.3. The summed E-state index contributed by atoms with van der Waals surface area (Å²) < 4.78 is 5.94. The Morgan fingerprint density at radius 2 is 1.76 bits per heavy atom. The van der Waals surface area contributed by atoms with Gasteiger partial charge in [-0.05, 0) is 79.6 Å². The van der Waals surface area contributed by atoms with Crippen molar-refractivity contribution in [2.24, 2.45) is 5.92 Å². The highest BCUT2D eigenvalue weighted by atomic mass is 32.1. The second-order valence-electron chi connectivity index (χ2n) is 11.5. The van der Waals surface area contributed by atoms with Gasteiger partial charge in [-0.1, -0.05) is 96.8 Å². The van der Waals surface area contributed by atoms with E-state index in [9.17, 15) is 4.79 Å². The van der Waals surface area contributed by atoms with Gasteiger partial charge in [0.05, 0.1) is 0 Å². The molecule has 1 aliphatic rings. The van der Waals surface area contributed by atoms with E-state index in [0.29, 0.717) is 18.4 Å². The van der Waals surface area contributed by atoms with Crippen molar-refractivity contribution < 1.29 is 9.53 Å². The minimum absolute atomic E-state index is 0.0631. The lowest BCUT2D eigenvalue weighted by molar-refractivity contribution is -0.134. The van der Waals surface area contributed by atoms with E-state index in [-0.39, 0.29) is 5.97 Å². The molecule has 4 heteroatoms. The molecule has 0 saturated heterocycles. The van der Waals surface area contributed by atoms with Crippen molar-refractivity contribution in [3.63, 3.8) is 0 Å². The highest BCUT2D eigenvalue weighted by Gasteiger charge is 2.26. The predicted octanol–water partition coefficient (Wildman–Crippen LogP) is 9.41.